The molecule has 1 aliphatic heterocycles. The Kier molecular flexibility index (Phi) is 2.84. The van der Waals surface area contributed by atoms with Gasteiger partial charge in [-0.2, -0.15) is 5.26 Å². The summed E-state index contributed by atoms with van der Waals surface area (Å²) in [5, 5.41) is 8.97. The molecule has 2 heterocycles. The van der Waals surface area contributed by atoms with Gasteiger partial charge in [-0.1, -0.05) is 0 Å². The van der Waals surface area contributed by atoms with Gasteiger partial charge in [0.15, 0.2) is 0 Å². The Hall–Kier alpha value is -1.60. The smallest absolute Gasteiger partial charge is 0.101 e. The van der Waals surface area contributed by atoms with Gasteiger partial charge < -0.3 is 10.6 Å². The highest BCUT2D eigenvalue weighted by Crippen LogP contribution is 2.25. The normalized spacial score (nSPS) is 20.3. The summed E-state index contributed by atoms with van der Waals surface area (Å²) in [5.74, 6) is 0.553. The SMILES string of the molecule is N#Cc1ccncc1N1CCC(CN)C1. The molecule has 78 valence electrons. The van der Waals surface area contributed by atoms with E-state index in [9.17, 15) is 0 Å². The van der Waals surface area contributed by atoms with Crippen molar-refractivity contribution in [3.63, 3.8) is 0 Å². The third-order valence-electron chi connectivity index (χ3n) is 2.88. The van der Waals surface area contributed by atoms with Crippen LogP contribution in [0.5, 0.6) is 0 Å². The number of nitrogens with zero attached hydrogens (tertiary/aromatic N) is 3. The average molecular weight is 202 g/mol. The van der Waals surface area contributed by atoms with Gasteiger partial charge in [-0.05, 0) is 24.9 Å². The van der Waals surface area contributed by atoms with Crippen LogP contribution < -0.4 is 10.6 Å². The lowest BCUT2D eigenvalue weighted by molar-refractivity contribution is 0.602. The van der Waals surface area contributed by atoms with Crippen molar-refractivity contribution >= 4 is 5.69 Å². The van der Waals surface area contributed by atoms with Crippen LogP contribution in [-0.2, 0) is 0 Å². The van der Waals surface area contributed by atoms with E-state index in [2.05, 4.69) is 16.0 Å². The zero-order valence-electron chi connectivity index (χ0n) is 8.56. The molecule has 1 aliphatic rings. The Labute approximate surface area is 89.3 Å². The van der Waals surface area contributed by atoms with Crippen molar-refractivity contribution in [3.05, 3.63) is 24.0 Å². The standard InChI is InChI=1S/C11H14N4/c12-5-9-2-4-15(8-9)11-7-14-3-1-10(11)6-13/h1,3,7,9H,2,4-5,8,12H2. The van der Waals surface area contributed by atoms with E-state index in [1.54, 1.807) is 18.5 Å². The lowest BCUT2D eigenvalue weighted by atomic mass is 10.1. The highest BCUT2D eigenvalue weighted by molar-refractivity contribution is 5.58. The third-order valence-corrected chi connectivity index (χ3v) is 2.88. The Morgan fingerprint density at radius 3 is 3.20 bits per heavy atom. The second-order valence-corrected chi connectivity index (χ2v) is 3.84. The van der Waals surface area contributed by atoms with Gasteiger partial charge in [-0.15, -0.1) is 0 Å². The van der Waals surface area contributed by atoms with Gasteiger partial charge in [0.1, 0.15) is 6.07 Å². The van der Waals surface area contributed by atoms with E-state index in [1.807, 2.05) is 0 Å². The molecule has 1 saturated heterocycles. The number of nitriles is 1. The molecule has 15 heavy (non-hydrogen) atoms. The van der Waals surface area contributed by atoms with Crippen LogP contribution in [-0.4, -0.2) is 24.6 Å². The minimum atomic E-state index is 0.553. The molecule has 0 saturated carbocycles. The molecule has 2 N–H and O–H groups in total. The Morgan fingerprint density at radius 2 is 2.53 bits per heavy atom. The van der Waals surface area contributed by atoms with Crippen molar-refractivity contribution in [2.45, 2.75) is 6.42 Å². The van der Waals surface area contributed by atoms with E-state index < -0.39 is 0 Å². The Balaban J connectivity index is 2.20. The van der Waals surface area contributed by atoms with Gasteiger partial charge in [-0.3, -0.25) is 4.98 Å². The number of anilines is 1. The highest BCUT2D eigenvalue weighted by atomic mass is 15.2. The molecule has 4 nitrogen and oxygen atoms in total. The Morgan fingerprint density at radius 1 is 1.67 bits per heavy atom. The number of rotatable bonds is 2. The van der Waals surface area contributed by atoms with Gasteiger partial charge in [0.05, 0.1) is 17.4 Å². The second-order valence-electron chi connectivity index (χ2n) is 3.84. The van der Waals surface area contributed by atoms with Crippen LogP contribution >= 0.6 is 0 Å². The van der Waals surface area contributed by atoms with E-state index in [-0.39, 0.29) is 0 Å². The molecule has 0 amide bonds. The zero-order chi connectivity index (χ0) is 10.7. The summed E-state index contributed by atoms with van der Waals surface area (Å²) in [5.41, 5.74) is 7.27. The molecular weight excluding hydrogens is 188 g/mol. The molecule has 4 heteroatoms. The van der Waals surface area contributed by atoms with Gasteiger partial charge >= 0.3 is 0 Å². The van der Waals surface area contributed by atoms with Crippen molar-refractivity contribution in [3.8, 4) is 6.07 Å². The summed E-state index contributed by atoms with van der Waals surface area (Å²) in [7, 11) is 0. The fraction of sp³-hybridized carbons (Fsp3) is 0.455. The van der Waals surface area contributed by atoms with Crippen molar-refractivity contribution in [2.75, 3.05) is 24.5 Å². The average Bonchev–Trinajstić information content (AvgIpc) is 2.77. The minimum Gasteiger partial charge on any atom is -0.369 e. The lowest BCUT2D eigenvalue weighted by Crippen LogP contribution is -2.23. The summed E-state index contributed by atoms with van der Waals surface area (Å²) in [6.45, 7) is 2.64. The summed E-state index contributed by atoms with van der Waals surface area (Å²) < 4.78 is 0. The summed E-state index contributed by atoms with van der Waals surface area (Å²) in [6, 6.07) is 3.95. The molecular formula is C11H14N4. The zero-order valence-corrected chi connectivity index (χ0v) is 8.56. The van der Waals surface area contributed by atoms with Crippen molar-refractivity contribution in [1.82, 2.24) is 4.98 Å². The van der Waals surface area contributed by atoms with Crippen LogP contribution in [0.4, 0.5) is 5.69 Å². The van der Waals surface area contributed by atoms with Gasteiger partial charge in [0.2, 0.25) is 0 Å². The van der Waals surface area contributed by atoms with Crippen LogP contribution in [0.3, 0.4) is 0 Å². The number of pyridine rings is 1. The molecule has 0 spiro atoms. The van der Waals surface area contributed by atoms with Crippen molar-refractivity contribution in [1.29, 1.82) is 5.26 Å². The number of hydrogen-bond donors (Lipinski definition) is 1. The summed E-state index contributed by atoms with van der Waals surface area (Å²) in [6.07, 6.45) is 4.52. The second kappa shape index (κ2) is 4.28. The molecule has 0 aromatic carbocycles. The first-order valence-corrected chi connectivity index (χ1v) is 5.14. The van der Waals surface area contributed by atoms with E-state index in [4.69, 9.17) is 11.0 Å². The van der Waals surface area contributed by atoms with Crippen LogP contribution in [0.25, 0.3) is 0 Å². The molecule has 1 aromatic rings. The third kappa shape index (κ3) is 1.92. The van der Waals surface area contributed by atoms with Crippen LogP contribution in [0.2, 0.25) is 0 Å². The highest BCUT2D eigenvalue weighted by Gasteiger charge is 2.23. The lowest BCUT2D eigenvalue weighted by Gasteiger charge is -2.18. The molecule has 0 bridgehead atoms. The molecule has 1 aromatic heterocycles. The maximum absolute atomic E-state index is 8.97. The molecule has 2 rings (SSSR count). The van der Waals surface area contributed by atoms with E-state index >= 15 is 0 Å². The summed E-state index contributed by atoms with van der Waals surface area (Å²) >= 11 is 0. The monoisotopic (exact) mass is 202 g/mol. The van der Waals surface area contributed by atoms with Crippen molar-refractivity contribution < 1.29 is 0 Å². The predicted molar refractivity (Wildman–Crippen MR) is 58.3 cm³/mol. The summed E-state index contributed by atoms with van der Waals surface area (Å²) in [4.78, 5) is 6.26. The maximum Gasteiger partial charge on any atom is 0.101 e. The molecule has 0 aliphatic carbocycles. The first-order valence-electron chi connectivity index (χ1n) is 5.14. The number of hydrogen-bond acceptors (Lipinski definition) is 4. The van der Waals surface area contributed by atoms with E-state index in [0.717, 1.165) is 31.7 Å². The van der Waals surface area contributed by atoms with E-state index in [0.29, 0.717) is 11.5 Å². The Bertz CT molecular complexity index is 382. The number of aromatic nitrogens is 1. The van der Waals surface area contributed by atoms with Crippen LogP contribution in [0.15, 0.2) is 18.5 Å². The molecule has 0 radical (unpaired) electrons. The molecule has 1 fully saturated rings. The quantitative estimate of drug-likeness (QED) is 0.768. The fourth-order valence-electron chi connectivity index (χ4n) is 1.98. The largest absolute Gasteiger partial charge is 0.369 e. The predicted octanol–water partition coefficient (Wildman–Crippen LogP) is 0.738. The maximum atomic E-state index is 8.97. The minimum absolute atomic E-state index is 0.553. The van der Waals surface area contributed by atoms with Crippen molar-refractivity contribution in [2.24, 2.45) is 11.7 Å². The van der Waals surface area contributed by atoms with Crippen LogP contribution in [0.1, 0.15) is 12.0 Å². The first kappa shape index (κ1) is 9.94. The van der Waals surface area contributed by atoms with E-state index in [1.165, 1.54) is 0 Å². The van der Waals surface area contributed by atoms with Gasteiger partial charge in [-0.25, -0.2) is 0 Å². The topological polar surface area (TPSA) is 65.9 Å². The van der Waals surface area contributed by atoms with Gasteiger partial charge in [0.25, 0.3) is 0 Å². The van der Waals surface area contributed by atoms with Crippen LogP contribution in [0, 0.1) is 17.2 Å². The molecule has 1 unspecified atom stereocenters. The molecule has 1 atom stereocenters. The first-order chi connectivity index (χ1) is 7.35. The van der Waals surface area contributed by atoms with Gasteiger partial charge in [0, 0.05) is 19.3 Å². The number of nitrogens with two attached hydrogens (primary N) is 1. The fourth-order valence-corrected chi connectivity index (χ4v) is 1.98.